The molecule has 1 saturated heterocycles. The fourth-order valence-electron chi connectivity index (χ4n) is 3.31. The summed E-state index contributed by atoms with van der Waals surface area (Å²) in [5.74, 6) is -0.429. The molecule has 2 N–H and O–H groups in total. The van der Waals surface area contributed by atoms with Crippen molar-refractivity contribution in [2.45, 2.75) is 25.8 Å². The van der Waals surface area contributed by atoms with Crippen molar-refractivity contribution in [3.05, 3.63) is 53.9 Å². The quantitative estimate of drug-likeness (QED) is 0.769. The number of ether oxygens (including phenoxy) is 1. The van der Waals surface area contributed by atoms with Gasteiger partial charge in [-0.1, -0.05) is 6.07 Å². The molecule has 148 valence electrons. The van der Waals surface area contributed by atoms with E-state index >= 15 is 0 Å². The maximum absolute atomic E-state index is 12.9. The molecule has 0 bridgehead atoms. The molecule has 1 aliphatic heterocycles. The van der Waals surface area contributed by atoms with Crippen LogP contribution in [0.3, 0.4) is 0 Å². The summed E-state index contributed by atoms with van der Waals surface area (Å²) in [6, 6.07) is 9.23. The van der Waals surface area contributed by atoms with E-state index in [1.165, 1.54) is 13.5 Å². The number of benzene rings is 1. The summed E-state index contributed by atoms with van der Waals surface area (Å²) in [4.78, 5) is 31.1. The van der Waals surface area contributed by atoms with E-state index in [-0.39, 0.29) is 18.4 Å². The fourth-order valence-corrected chi connectivity index (χ4v) is 3.31. The number of nitrogens with zero attached hydrogens (tertiary/aromatic N) is 2. The first-order valence-corrected chi connectivity index (χ1v) is 9.52. The lowest BCUT2D eigenvalue weighted by Crippen LogP contribution is -2.32. The van der Waals surface area contributed by atoms with Crippen LogP contribution >= 0.6 is 0 Å². The molecule has 2 heterocycles. The van der Waals surface area contributed by atoms with Gasteiger partial charge in [0.1, 0.15) is 6.61 Å². The Hall–Kier alpha value is -2.93. The SMILES string of the molecule is COCC(=O)Nc1ccc(N2CCCCC2)c(C(=O)NCc2cccnc2)c1. The van der Waals surface area contributed by atoms with Gasteiger partial charge in [0.2, 0.25) is 5.91 Å². The molecule has 1 aromatic heterocycles. The number of anilines is 2. The lowest BCUT2D eigenvalue weighted by molar-refractivity contribution is -0.119. The van der Waals surface area contributed by atoms with Gasteiger partial charge >= 0.3 is 0 Å². The number of carbonyl (C=O) groups is 2. The van der Waals surface area contributed by atoms with Crippen LogP contribution < -0.4 is 15.5 Å². The van der Waals surface area contributed by atoms with Gasteiger partial charge in [0.15, 0.2) is 0 Å². The average Bonchev–Trinajstić information content (AvgIpc) is 2.73. The Bertz CT molecular complexity index is 805. The molecule has 1 fully saturated rings. The molecule has 2 aromatic rings. The van der Waals surface area contributed by atoms with Gasteiger partial charge in [-0.25, -0.2) is 0 Å². The molecule has 0 unspecified atom stereocenters. The van der Waals surface area contributed by atoms with E-state index in [0.29, 0.717) is 17.8 Å². The predicted molar refractivity (Wildman–Crippen MR) is 108 cm³/mol. The molecule has 3 rings (SSSR count). The standard InChI is InChI=1S/C21H26N4O3/c1-28-15-20(26)24-17-7-8-19(25-10-3-2-4-11-25)18(12-17)21(27)23-14-16-6-5-9-22-13-16/h5-9,12-13H,2-4,10-11,14-15H2,1H3,(H,23,27)(H,24,26). The monoisotopic (exact) mass is 382 g/mol. The van der Waals surface area contributed by atoms with E-state index in [9.17, 15) is 9.59 Å². The number of hydrogen-bond acceptors (Lipinski definition) is 5. The molecule has 0 radical (unpaired) electrons. The molecule has 1 aromatic carbocycles. The van der Waals surface area contributed by atoms with Crippen molar-refractivity contribution in [1.29, 1.82) is 0 Å². The van der Waals surface area contributed by atoms with Gasteiger partial charge in [0.05, 0.1) is 5.56 Å². The maximum atomic E-state index is 12.9. The number of piperidine rings is 1. The number of nitrogens with one attached hydrogen (secondary N) is 2. The minimum atomic E-state index is -0.255. The van der Waals surface area contributed by atoms with Gasteiger partial charge in [-0.2, -0.15) is 0 Å². The zero-order valence-electron chi connectivity index (χ0n) is 16.1. The Labute approximate surface area is 165 Å². The molecular weight excluding hydrogens is 356 g/mol. The van der Waals surface area contributed by atoms with Crippen LogP contribution in [0.2, 0.25) is 0 Å². The van der Waals surface area contributed by atoms with E-state index in [2.05, 4.69) is 20.5 Å². The second-order valence-electron chi connectivity index (χ2n) is 6.80. The minimum Gasteiger partial charge on any atom is -0.375 e. The first-order valence-electron chi connectivity index (χ1n) is 9.52. The van der Waals surface area contributed by atoms with Crippen LogP contribution in [0.25, 0.3) is 0 Å². The lowest BCUT2D eigenvalue weighted by Gasteiger charge is -2.30. The van der Waals surface area contributed by atoms with Crippen LogP contribution in [-0.2, 0) is 16.1 Å². The Kier molecular flexibility index (Phi) is 6.97. The highest BCUT2D eigenvalue weighted by molar-refractivity contribution is 6.02. The van der Waals surface area contributed by atoms with Crippen LogP contribution in [0, 0.1) is 0 Å². The highest BCUT2D eigenvalue weighted by Crippen LogP contribution is 2.27. The van der Waals surface area contributed by atoms with Crippen molar-refractivity contribution in [3.63, 3.8) is 0 Å². The van der Waals surface area contributed by atoms with E-state index in [0.717, 1.165) is 37.2 Å². The van der Waals surface area contributed by atoms with Gasteiger partial charge in [-0.05, 0) is 49.1 Å². The normalized spacial score (nSPS) is 13.8. The Morgan fingerprint density at radius 1 is 1.18 bits per heavy atom. The molecule has 0 aliphatic carbocycles. The summed E-state index contributed by atoms with van der Waals surface area (Å²) >= 11 is 0. The summed E-state index contributed by atoms with van der Waals surface area (Å²) < 4.78 is 4.85. The number of aromatic nitrogens is 1. The second kappa shape index (κ2) is 9.85. The smallest absolute Gasteiger partial charge is 0.253 e. The molecule has 0 atom stereocenters. The van der Waals surface area contributed by atoms with Gasteiger partial charge in [-0.15, -0.1) is 0 Å². The van der Waals surface area contributed by atoms with Gasteiger partial charge in [0, 0.05) is 50.5 Å². The molecule has 28 heavy (non-hydrogen) atoms. The van der Waals surface area contributed by atoms with Crippen LogP contribution in [0.4, 0.5) is 11.4 Å². The molecule has 7 heteroatoms. The van der Waals surface area contributed by atoms with Crippen LogP contribution in [0.1, 0.15) is 35.2 Å². The molecule has 1 aliphatic rings. The zero-order valence-corrected chi connectivity index (χ0v) is 16.1. The van der Waals surface area contributed by atoms with Crippen molar-refractivity contribution >= 4 is 23.2 Å². The molecule has 2 amide bonds. The third-order valence-corrected chi connectivity index (χ3v) is 4.67. The Morgan fingerprint density at radius 3 is 2.71 bits per heavy atom. The lowest BCUT2D eigenvalue weighted by atomic mass is 10.1. The fraction of sp³-hybridized carbons (Fsp3) is 0.381. The number of carbonyl (C=O) groups excluding carboxylic acids is 2. The number of amides is 2. The number of hydrogen-bond donors (Lipinski definition) is 2. The number of methoxy groups -OCH3 is 1. The largest absolute Gasteiger partial charge is 0.375 e. The van der Waals surface area contributed by atoms with E-state index in [1.54, 1.807) is 18.5 Å². The number of pyridine rings is 1. The highest BCUT2D eigenvalue weighted by atomic mass is 16.5. The summed E-state index contributed by atoms with van der Waals surface area (Å²) in [5, 5.41) is 5.73. The third kappa shape index (κ3) is 5.29. The van der Waals surface area contributed by atoms with Crippen molar-refractivity contribution in [2.75, 3.05) is 37.0 Å². The Balaban J connectivity index is 1.80. The predicted octanol–water partition coefficient (Wildman–Crippen LogP) is 2.59. The summed E-state index contributed by atoms with van der Waals surface area (Å²) in [5.41, 5.74) is 2.96. The topological polar surface area (TPSA) is 83.6 Å². The molecular formula is C21H26N4O3. The summed E-state index contributed by atoms with van der Waals surface area (Å²) in [6.07, 6.45) is 6.87. The van der Waals surface area contributed by atoms with Crippen molar-refractivity contribution in [2.24, 2.45) is 0 Å². The first kappa shape index (κ1) is 19.8. The first-order chi connectivity index (χ1) is 13.7. The summed E-state index contributed by atoms with van der Waals surface area (Å²) in [7, 11) is 1.47. The highest BCUT2D eigenvalue weighted by Gasteiger charge is 2.19. The number of rotatable bonds is 7. The maximum Gasteiger partial charge on any atom is 0.253 e. The van der Waals surface area contributed by atoms with Gasteiger partial charge in [-0.3, -0.25) is 14.6 Å². The van der Waals surface area contributed by atoms with Crippen LogP contribution in [-0.4, -0.2) is 43.6 Å². The molecule has 0 saturated carbocycles. The third-order valence-electron chi connectivity index (χ3n) is 4.67. The Morgan fingerprint density at radius 2 is 2.00 bits per heavy atom. The van der Waals surface area contributed by atoms with Crippen molar-refractivity contribution in [3.8, 4) is 0 Å². The van der Waals surface area contributed by atoms with E-state index < -0.39 is 0 Å². The van der Waals surface area contributed by atoms with Crippen LogP contribution in [0.5, 0.6) is 0 Å². The average molecular weight is 382 g/mol. The van der Waals surface area contributed by atoms with E-state index in [1.807, 2.05) is 24.3 Å². The van der Waals surface area contributed by atoms with Gasteiger partial charge < -0.3 is 20.3 Å². The second-order valence-corrected chi connectivity index (χ2v) is 6.80. The zero-order chi connectivity index (χ0) is 19.8. The van der Waals surface area contributed by atoms with Gasteiger partial charge in [0.25, 0.3) is 5.91 Å². The van der Waals surface area contributed by atoms with Crippen molar-refractivity contribution < 1.29 is 14.3 Å². The van der Waals surface area contributed by atoms with Crippen LogP contribution in [0.15, 0.2) is 42.7 Å². The van der Waals surface area contributed by atoms with Crippen molar-refractivity contribution in [1.82, 2.24) is 10.3 Å². The molecule has 0 spiro atoms. The van der Waals surface area contributed by atoms with E-state index in [4.69, 9.17) is 4.74 Å². The molecule has 7 nitrogen and oxygen atoms in total. The minimum absolute atomic E-state index is 0.0313. The summed E-state index contributed by atoms with van der Waals surface area (Å²) in [6.45, 7) is 2.22.